The van der Waals surface area contributed by atoms with E-state index in [0.29, 0.717) is 12.0 Å². The van der Waals surface area contributed by atoms with Gasteiger partial charge in [0, 0.05) is 30.6 Å². The second-order valence-corrected chi connectivity index (χ2v) is 10.8. The van der Waals surface area contributed by atoms with E-state index in [-0.39, 0.29) is 43.0 Å². The number of amides is 4. The lowest BCUT2D eigenvalue weighted by molar-refractivity contribution is -0.132. The van der Waals surface area contributed by atoms with Crippen molar-refractivity contribution in [1.82, 2.24) is 21.3 Å². The largest absolute Gasteiger partial charge is 0.353 e. The second-order valence-electron chi connectivity index (χ2n) is 10.8. The summed E-state index contributed by atoms with van der Waals surface area (Å²) in [5.74, 6) is -3.43. The molecule has 0 aromatic heterocycles. The summed E-state index contributed by atoms with van der Waals surface area (Å²) in [7, 11) is 0. The van der Waals surface area contributed by atoms with E-state index in [1.54, 1.807) is 26.8 Å². The van der Waals surface area contributed by atoms with Crippen LogP contribution in [0.15, 0.2) is 72.8 Å². The Labute approximate surface area is 244 Å². The minimum atomic E-state index is -1.14. The quantitative estimate of drug-likeness (QED) is 0.244. The number of carbonyl (C=O) groups is 4. The molecule has 0 aliphatic carbocycles. The Bertz CT molecular complexity index is 1410. The molecule has 0 spiro atoms. The van der Waals surface area contributed by atoms with Crippen molar-refractivity contribution in [3.05, 3.63) is 95.6 Å². The third-order valence-electron chi connectivity index (χ3n) is 6.14. The summed E-state index contributed by atoms with van der Waals surface area (Å²) in [5.41, 5.74) is 0.729. The molecule has 0 bridgehead atoms. The lowest BCUT2D eigenvalue weighted by atomic mass is 10.0. The summed E-state index contributed by atoms with van der Waals surface area (Å²) in [4.78, 5) is 50.8. The molecule has 42 heavy (non-hydrogen) atoms. The van der Waals surface area contributed by atoms with Gasteiger partial charge in [-0.05, 0) is 56.5 Å². The first-order valence-corrected chi connectivity index (χ1v) is 13.7. The van der Waals surface area contributed by atoms with E-state index < -0.39 is 40.9 Å². The Morgan fingerprint density at radius 3 is 2.14 bits per heavy atom. The molecule has 0 heterocycles. The predicted molar refractivity (Wildman–Crippen MR) is 156 cm³/mol. The molecule has 4 N–H and O–H groups in total. The van der Waals surface area contributed by atoms with Crippen molar-refractivity contribution in [2.75, 3.05) is 13.1 Å². The highest BCUT2D eigenvalue weighted by Crippen LogP contribution is 2.24. The van der Waals surface area contributed by atoms with Crippen LogP contribution in [0.4, 0.5) is 8.78 Å². The maximum Gasteiger partial charge on any atom is 0.254 e. The van der Waals surface area contributed by atoms with Gasteiger partial charge in [-0.2, -0.15) is 0 Å². The highest BCUT2D eigenvalue weighted by atomic mass is 19.1. The first kappa shape index (κ1) is 31.9. The number of rotatable bonds is 12. The van der Waals surface area contributed by atoms with Gasteiger partial charge in [-0.15, -0.1) is 0 Å². The molecule has 1 atom stereocenters. The highest BCUT2D eigenvalue weighted by molar-refractivity contribution is 5.96. The van der Waals surface area contributed by atoms with Crippen molar-refractivity contribution in [3.8, 4) is 11.1 Å². The summed E-state index contributed by atoms with van der Waals surface area (Å²) in [5, 5.41) is 10.5. The van der Waals surface area contributed by atoms with E-state index in [0.717, 1.165) is 11.6 Å². The van der Waals surface area contributed by atoms with Crippen molar-refractivity contribution >= 4 is 23.6 Å². The molecule has 1 unspecified atom stereocenters. The first-order chi connectivity index (χ1) is 19.9. The fourth-order valence-electron chi connectivity index (χ4n) is 4.18. The van der Waals surface area contributed by atoms with Crippen LogP contribution in [0.5, 0.6) is 0 Å². The van der Waals surface area contributed by atoms with Crippen LogP contribution in [0.2, 0.25) is 0 Å². The lowest BCUT2D eigenvalue weighted by Crippen LogP contribution is -2.51. The molecule has 0 aliphatic heterocycles. The Kier molecular flexibility index (Phi) is 11.3. The summed E-state index contributed by atoms with van der Waals surface area (Å²) in [6.07, 6.45) is 0.318. The minimum absolute atomic E-state index is 0.0452. The van der Waals surface area contributed by atoms with E-state index >= 15 is 0 Å². The number of hydrogen-bond donors (Lipinski definition) is 4. The van der Waals surface area contributed by atoms with E-state index in [2.05, 4.69) is 21.3 Å². The molecular formula is C32H36F2N4O4. The van der Waals surface area contributed by atoms with Crippen LogP contribution in [0.3, 0.4) is 0 Å². The van der Waals surface area contributed by atoms with Gasteiger partial charge in [0.25, 0.3) is 5.91 Å². The molecule has 8 nitrogen and oxygen atoms in total. The van der Waals surface area contributed by atoms with E-state index in [1.807, 2.05) is 30.3 Å². The molecule has 0 saturated heterocycles. The Morgan fingerprint density at radius 1 is 0.786 bits per heavy atom. The lowest BCUT2D eigenvalue weighted by Gasteiger charge is -2.23. The Morgan fingerprint density at radius 2 is 1.45 bits per heavy atom. The van der Waals surface area contributed by atoms with Gasteiger partial charge in [-0.1, -0.05) is 54.6 Å². The third kappa shape index (κ3) is 10.1. The van der Waals surface area contributed by atoms with Crippen LogP contribution < -0.4 is 21.3 Å². The predicted octanol–water partition coefficient (Wildman–Crippen LogP) is 3.90. The van der Waals surface area contributed by atoms with Gasteiger partial charge in [0.05, 0.1) is 12.0 Å². The number of nitrogens with one attached hydrogen (secondary N) is 4. The van der Waals surface area contributed by atoms with Crippen molar-refractivity contribution in [3.63, 3.8) is 0 Å². The standard InChI is InChI=1S/C32H36F2N4O4/c1-32(2,3)38-29(40)20-27(37-28(39)16-13-21-9-5-4-6-10-21)31(42)36-18-17-35-30(41)24-19-22(14-15-26(24)34)23-11-7-8-12-25(23)33/h4-12,14-15,19,27H,13,16-18,20H2,1-3H3,(H,35,41)(H,36,42)(H,37,39)(H,38,40). The molecule has 3 aromatic carbocycles. The van der Waals surface area contributed by atoms with E-state index in [9.17, 15) is 28.0 Å². The van der Waals surface area contributed by atoms with Crippen LogP contribution in [0.25, 0.3) is 11.1 Å². The van der Waals surface area contributed by atoms with Gasteiger partial charge in [-0.25, -0.2) is 8.78 Å². The van der Waals surface area contributed by atoms with Gasteiger partial charge in [0.2, 0.25) is 17.7 Å². The van der Waals surface area contributed by atoms with Crippen molar-refractivity contribution in [2.24, 2.45) is 0 Å². The number of aryl methyl sites for hydroxylation is 1. The maximum atomic E-state index is 14.4. The van der Waals surface area contributed by atoms with Gasteiger partial charge < -0.3 is 21.3 Å². The fourth-order valence-corrected chi connectivity index (χ4v) is 4.18. The number of halogens is 2. The van der Waals surface area contributed by atoms with Gasteiger partial charge >= 0.3 is 0 Å². The van der Waals surface area contributed by atoms with Crippen LogP contribution >= 0.6 is 0 Å². The summed E-state index contributed by atoms with van der Waals surface area (Å²) in [6.45, 7) is 5.30. The summed E-state index contributed by atoms with van der Waals surface area (Å²) >= 11 is 0. The van der Waals surface area contributed by atoms with E-state index in [1.165, 1.54) is 30.3 Å². The van der Waals surface area contributed by atoms with Crippen molar-refractivity contribution in [1.29, 1.82) is 0 Å². The summed E-state index contributed by atoms with van der Waals surface area (Å²) < 4.78 is 28.6. The van der Waals surface area contributed by atoms with Gasteiger partial charge in [0.1, 0.15) is 17.7 Å². The van der Waals surface area contributed by atoms with Crippen LogP contribution in [0.1, 0.15) is 49.5 Å². The molecule has 3 rings (SSSR count). The molecule has 4 amide bonds. The zero-order valence-corrected chi connectivity index (χ0v) is 23.9. The second kappa shape index (κ2) is 14.9. The molecule has 0 aliphatic rings. The molecule has 0 radical (unpaired) electrons. The smallest absolute Gasteiger partial charge is 0.254 e. The van der Waals surface area contributed by atoms with Crippen molar-refractivity contribution in [2.45, 2.75) is 51.6 Å². The molecule has 0 fully saturated rings. The third-order valence-corrected chi connectivity index (χ3v) is 6.14. The topological polar surface area (TPSA) is 116 Å². The first-order valence-electron chi connectivity index (χ1n) is 13.7. The molecular weight excluding hydrogens is 542 g/mol. The monoisotopic (exact) mass is 578 g/mol. The van der Waals surface area contributed by atoms with Crippen LogP contribution in [0, 0.1) is 11.6 Å². The minimum Gasteiger partial charge on any atom is -0.353 e. The van der Waals surface area contributed by atoms with E-state index in [4.69, 9.17) is 0 Å². The SMILES string of the molecule is CC(C)(C)NC(=O)CC(NC(=O)CCc1ccccc1)C(=O)NCCNC(=O)c1cc(-c2ccccc2F)ccc1F. The normalized spacial score (nSPS) is 11.7. The van der Waals surface area contributed by atoms with Gasteiger partial charge in [0.15, 0.2) is 0 Å². The average molecular weight is 579 g/mol. The molecule has 222 valence electrons. The van der Waals surface area contributed by atoms with Crippen LogP contribution in [-0.2, 0) is 20.8 Å². The Hall–Kier alpha value is -4.60. The van der Waals surface area contributed by atoms with Crippen molar-refractivity contribution < 1.29 is 28.0 Å². The molecule has 10 heteroatoms. The summed E-state index contributed by atoms with van der Waals surface area (Å²) in [6, 6.07) is 18.0. The van der Waals surface area contributed by atoms with Crippen LogP contribution in [-0.4, -0.2) is 48.3 Å². The maximum absolute atomic E-state index is 14.4. The number of carbonyl (C=O) groups excluding carboxylic acids is 4. The van der Waals surface area contributed by atoms with Gasteiger partial charge in [-0.3, -0.25) is 19.2 Å². The zero-order chi connectivity index (χ0) is 30.7. The zero-order valence-electron chi connectivity index (χ0n) is 23.9. The number of hydrogen-bond acceptors (Lipinski definition) is 4. The molecule has 3 aromatic rings. The average Bonchev–Trinajstić information content (AvgIpc) is 2.94. The fraction of sp³-hybridized carbons (Fsp3) is 0.312. The molecule has 0 saturated carbocycles. The number of benzene rings is 3. The Balaban J connectivity index is 1.57. The highest BCUT2D eigenvalue weighted by Gasteiger charge is 2.25.